The van der Waals surface area contributed by atoms with Crippen LogP contribution in [0.3, 0.4) is 0 Å². The normalized spacial score (nSPS) is 10.6. The quantitative estimate of drug-likeness (QED) is 0.860. The van der Waals surface area contributed by atoms with Crippen molar-refractivity contribution in [3.05, 3.63) is 29.6 Å². The second kappa shape index (κ2) is 6.75. The van der Waals surface area contributed by atoms with Crippen LogP contribution in [0.15, 0.2) is 18.2 Å². The van der Waals surface area contributed by atoms with Gasteiger partial charge in [-0.3, -0.25) is 0 Å². The molecule has 0 aromatic heterocycles. The number of nitriles is 1. The molecule has 0 fully saturated rings. The average molecular weight is 280 g/mol. The van der Waals surface area contributed by atoms with Crippen LogP contribution in [-0.4, -0.2) is 24.8 Å². The van der Waals surface area contributed by atoms with Gasteiger partial charge in [0.15, 0.2) is 0 Å². The highest BCUT2D eigenvalue weighted by atomic mass is 19.1. The van der Waals surface area contributed by atoms with Crippen LogP contribution in [-0.2, 0) is 4.74 Å². The SMILES string of the molecule is CC(C)(C)OC(=O)NCCOc1cccc(F)c1C#N. The predicted octanol–water partition coefficient (Wildman–Crippen LogP) is 2.60. The molecule has 0 saturated heterocycles. The number of nitrogens with zero attached hydrogens (tertiary/aromatic N) is 1. The van der Waals surface area contributed by atoms with Gasteiger partial charge in [0.25, 0.3) is 0 Å². The standard InChI is InChI=1S/C14H17FN2O3/c1-14(2,3)20-13(18)17-7-8-19-12-6-4-5-11(15)10(12)9-16/h4-6H,7-8H2,1-3H3,(H,17,18). The highest BCUT2D eigenvalue weighted by molar-refractivity contribution is 5.67. The third-order valence-corrected chi connectivity index (χ3v) is 2.12. The molecule has 0 saturated carbocycles. The van der Waals surface area contributed by atoms with E-state index >= 15 is 0 Å². The first-order chi connectivity index (χ1) is 9.33. The van der Waals surface area contributed by atoms with Crippen LogP contribution in [0.2, 0.25) is 0 Å². The van der Waals surface area contributed by atoms with Crippen molar-refractivity contribution in [2.75, 3.05) is 13.2 Å². The van der Waals surface area contributed by atoms with Gasteiger partial charge in [0, 0.05) is 0 Å². The second-order valence-electron chi connectivity index (χ2n) is 5.00. The van der Waals surface area contributed by atoms with E-state index < -0.39 is 17.5 Å². The second-order valence-corrected chi connectivity index (χ2v) is 5.00. The molecule has 0 atom stereocenters. The van der Waals surface area contributed by atoms with E-state index in [1.54, 1.807) is 26.8 Å². The third-order valence-electron chi connectivity index (χ3n) is 2.12. The zero-order chi connectivity index (χ0) is 15.2. The summed E-state index contributed by atoms with van der Waals surface area (Å²) < 4.78 is 23.6. The van der Waals surface area contributed by atoms with E-state index in [0.29, 0.717) is 0 Å². The molecule has 0 bridgehead atoms. The van der Waals surface area contributed by atoms with Crippen LogP contribution in [0.25, 0.3) is 0 Å². The minimum Gasteiger partial charge on any atom is -0.490 e. The number of hydrogen-bond acceptors (Lipinski definition) is 4. The van der Waals surface area contributed by atoms with Gasteiger partial charge in [-0.15, -0.1) is 0 Å². The van der Waals surface area contributed by atoms with Crippen LogP contribution in [0.1, 0.15) is 26.3 Å². The molecular weight excluding hydrogens is 263 g/mol. The highest BCUT2D eigenvalue weighted by Gasteiger charge is 2.15. The Morgan fingerprint density at radius 1 is 1.45 bits per heavy atom. The molecular formula is C14H17FN2O3. The summed E-state index contributed by atoms with van der Waals surface area (Å²) >= 11 is 0. The minimum atomic E-state index is -0.634. The molecule has 1 amide bonds. The first-order valence-corrected chi connectivity index (χ1v) is 6.12. The van der Waals surface area contributed by atoms with Gasteiger partial charge in [0.05, 0.1) is 6.54 Å². The van der Waals surface area contributed by atoms with Crippen molar-refractivity contribution >= 4 is 6.09 Å². The Labute approximate surface area is 117 Å². The first kappa shape index (κ1) is 15.8. The largest absolute Gasteiger partial charge is 0.490 e. The minimum absolute atomic E-state index is 0.109. The van der Waals surface area contributed by atoms with Crippen molar-refractivity contribution in [1.82, 2.24) is 5.32 Å². The van der Waals surface area contributed by atoms with E-state index in [2.05, 4.69) is 5.32 Å². The molecule has 0 aliphatic rings. The average Bonchev–Trinajstić information content (AvgIpc) is 2.32. The predicted molar refractivity (Wildman–Crippen MR) is 70.8 cm³/mol. The summed E-state index contributed by atoms with van der Waals surface area (Å²) in [6.07, 6.45) is -0.555. The smallest absolute Gasteiger partial charge is 0.407 e. The summed E-state index contributed by atoms with van der Waals surface area (Å²) in [5.41, 5.74) is -0.716. The summed E-state index contributed by atoms with van der Waals surface area (Å²) in [4.78, 5) is 11.3. The van der Waals surface area contributed by atoms with Crippen molar-refractivity contribution in [2.45, 2.75) is 26.4 Å². The van der Waals surface area contributed by atoms with Gasteiger partial charge in [-0.2, -0.15) is 5.26 Å². The molecule has 0 unspecified atom stereocenters. The van der Waals surface area contributed by atoms with Crippen molar-refractivity contribution in [3.63, 3.8) is 0 Å². The number of carbonyl (C=O) groups is 1. The van der Waals surface area contributed by atoms with Crippen LogP contribution in [0.5, 0.6) is 5.75 Å². The van der Waals surface area contributed by atoms with Gasteiger partial charge in [0.1, 0.15) is 35.4 Å². The number of nitrogens with one attached hydrogen (secondary N) is 1. The molecule has 5 nitrogen and oxygen atoms in total. The Morgan fingerprint density at radius 3 is 2.75 bits per heavy atom. The molecule has 1 aromatic rings. The van der Waals surface area contributed by atoms with Crippen LogP contribution >= 0.6 is 0 Å². The number of ether oxygens (including phenoxy) is 2. The molecule has 1 N–H and O–H groups in total. The number of halogens is 1. The molecule has 0 heterocycles. The zero-order valence-electron chi connectivity index (χ0n) is 11.7. The third kappa shape index (κ3) is 5.14. The molecule has 6 heteroatoms. The first-order valence-electron chi connectivity index (χ1n) is 6.12. The Bertz CT molecular complexity index is 518. The summed E-state index contributed by atoms with van der Waals surface area (Å²) in [7, 11) is 0. The highest BCUT2D eigenvalue weighted by Crippen LogP contribution is 2.19. The van der Waals surface area contributed by atoms with E-state index in [4.69, 9.17) is 14.7 Å². The van der Waals surface area contributed by atoms with Crippen molar-refractivity contribution in [1.29, 1.82) is 5.26 Å². The molecule has 0 aliphatic carbocycles. The Morgan fingerprint density at radius 2 is 2.15 bits per heavy atom. The molecule has 0 spiro atoms. The van der Waals surface area contributed by atoms with Gasteiger partial charge in [-0.25, -0.2) is 9.18 Å². The lowest BCUT2D eigenvalue weighted by atomic mass is 10.2. The lowest BCUT2D eigenvalue weighted by Crippen LogP contribution is -2.34. The lowest BCUT2D eigenvalue weighted by Gasteiger charge is -2.19. The Balaban J connectivity index is 2.41. The van der Waals surface area contributed by atoms with Crippen molar-refractivity contribution in [2.24, 2.45) is 0 Å². The molecule has 108 valence electrons. The molecule has 1 rings (SSSR count). The maximum atomic E-state index is 13.3. The van der Waals surface area contributed by atoms with Gasteiger partial charge in [-0.1, -0.05) is 6.07 Å². The maximum Gasteiger partial charge on any atom is 0.407 e. The number of hydrogen-bond donors (Lipinski definition) is 1. The van der Waals surface area contributed by atoms with Gasteiger partial charge in [0.2, 0.25) is 0 Å². The molecule has 0 aliphatic heterocycles. The Hall–Kier alpha value is -2.29. The number of alkyl carbamates (subject to hydrolysis) is 1. The molecule has 0 radical (unpaired) electrons. The number of carbonyl (C=O) groups excluding carboxylic acids is 1. The van der Waals surface area contributed by atoms with Crippen molar-refractivity contribution in [3.8, 4) is 11.8 Å². The number of amides is 1. The van der Waals surface area contributed by atoms with Gasteiger partial charge < -0.3 is 14.8 Å². The number of rotatable bonds is 4. The van der Waals surface area contributed by atoms with Gasteiger partial charge in [-0.05, 0) is 32.9 Å². The zero-order valence-corrected chi connectivity index (χ0v) is 11.7. The Kier molecular flexibility index (Phi) is 5.32. The summed E-state index contributed by atoms with van der Waals surface area (Å²) in [6.45, 7) is 5.58. The monoisotopic (exact) mass is 280 g/mol. The van der Waals surface area contributed by atoms with E-state index in [9.17, 15) is 9.18 Å². The molecule has 1 aromatic carbocycles. The van der Waals surface area contributed by atoms with Crippen LogP contribution in [0, 0.1) is 17.1 Å². The van der Waals surface area contributed by atoms with E-state index in [1.165, 1.54) is 18.2 Å². The summed E-state index contributed by atoms with van der Waals surface area (Å²) in [5, 5.41) is 11.3. The van der Waals surface area contributed by atoms with E-state index in [-0.39, 0.29) is 24.5 Å². The molecule has 20 heavy (non-hydrogen) atoms. The van der Waals surface area contributed by atoms with Crippen molar-refractivity contribution < 1.29 is 18.7 Å². The fourth-order valence-electron chi connectivity index (χ4n) is 1.36. The number of benzene rings is 1. The maximum absolute atomic E-state index is 13.3. The fraction of sp³-hybridized carbons (Fsp3) is 0.429. The topological polar surface area (TPSA) is 71.3 Å². The summed E-state index contributed by atoms with van der Waals surface area (Å²) in [5.74, 6) is -0.483. The van der Waals surface area contributed by atoms with Gasteiger partial charge >= 0.3 is 6.09 Å². The summed E-state index contributed by atoms with van der Waals surface area (Å²) in [6, 6.07) is 5.86. The van der Waals surface area contributed by atoms with E-state index in [0.717, 1.165) is 0 Å². The lowest BCUT2D eigenvalue weighted by molar-refractivity contribution is 0.0520. The van der Waals surface area contributed by atoms with Crippen LogP contribution < -0.4 is 10.1 Å². The fourth-order valence-corrected chi connectivity index (χ4v) is 1.36. The van der Waals surface area contributed by atoms with Crippen LogP contribution in [0.4, 0.5) is 9.18 Å². The van der Waals surface area contributed by atoms with E-state index in [1.807, 2.05) is 0 Å².